The molecule has 2 aromatic heterocycles. The number of likely N-dealkylation sites (tertiary alicyclic amines) is 1. The minimum Gasteiger partial charge on any atom is -0.339 e. The molecule has 1 saturated heterocycles. The molecule has 1 atom stereocenters. The Hall–Kier alpha value is -1.69. The lowest BCUT2D eigenvalue weighted by Crippen LogP contribution is -2.30. The van der Waals surface area contributed by atoms with E-state index in [4.69, 9.17) is 4.52 Å². The molecule has 0 unspecified atom stereocenters. The molecule has 5 nitrogen and oxygen atoms in total. The normalized spacial score (nSPS) is 19.0. The van der Waals surface area contributed by atoms with Crippen LogP contribution in [0.4, 0.5) is 0 Å². The van der Waals surface area contributed by atoms with E-state index in [9.17, 15) is 4.79 Å². The maximum absolute atomic E-state index is 12.4. The zero-order valence-electron chi connectivity index (χ0n) is 10.7. The number of thiophene rings is 1. The van der Waals surface area contributed by atoms with Gasteiger partial charge in [0.05, 0.1) is 11.6 Å². The van der Waals surface area contributed by atoms with Crippen molar-refractivity contribution in [1.82, 2.24) is 15.0 Å². The number of hydrogen-bond acceptors (Lipinski definition) is 5. The Morgan fingerprint density at radius 3 is 3.21 bits per heavy atom. The monoisotopic (exact) mass is 277 g/mol. The molecule has 1 aliphatic rings. The molecule has 0 radical (unpaired) electrons. The van der Waals surface area contributed by atoms with Crippen molar-refractivity contribution < 1.29 is 9.32 Å². The van der Waals surface area contributed by atoms with Gasteiger partial charge in [-0.25, -0.2) is 0 Å². The summed E-state index contributed by atoms with van der Waals surface area (Å²) < 4.78 is 5.15. The lowest BCUT2D eigenvalue weighted by molar-refractivity contribution is 0.0729. The van der Waals surface area contributed by atoms with Crippen molar-refractivity contribution in [3.63, 3.8) is 0 Å². The molecule has 2 aromatic rings. The third-order valence-electron chi connectivity index (χ3n) is 3.37. The second-order valence-corrected chi connectivity index (χ2v) is 5.35. The van der Waals surface area contributed by atoms with Gasteiger partial charge in [0.25, 0.3) is 5.91 Å². The summed E-state index contributed by atoms with van der Waals surface area (Å²) in [6, 6.07) is 1.81. The Kier molecular flexibility index (Phi) is 3.33. The van der Waals surface area contributed by atoms with E-state index in [0.717, 1.165) is 31.4 Å². The van der Waals surface area contributed by atoms with Gasteiger partial charge >= 0.3 is 0 Å². The van der Waals surface area contributed by atoms with Crippen LogP contribution < -0.4 is 0 Å². The molecule has 0 saturated carbocycles. The van der Waals surface area contributed by atoms with Crippen molar-refractivity contribution in [2.45, 2.75) is 32.2 Å². The first kappa shape index (κ1) is 12.3. The van der Waals surface area contributed by atoms with Gasteiger partial charge in [-0.1, -0.05) is 12.1 Å². The smallest absolute Gasteiger partial charge is 0.255 e. The summed E-state index contributed by atoms with van der Waals surface area (Å²) >= 11 is 1.53. The Morgan fingerprint density at radius 2 is 2.53 bits per heavy atom. The van der Waals surface area contributed by atoms with E-state index in [2.05, 4.69) is 10.1 Å². The van der Waals surface area contributed by atoms with Gasteiger partial charge in [-0.3, -0.25) is 4.79 Å². The van der Waals surface area contributed by atoms with Crippen LogP contribution in [-0.2, 0) is 6.42 Å². The minimum absolute atomic E-state index is 0.0450. The van der Waals surface area contributed by atoms with Crippen molar-refractivity contribution in [2.24, 2.45) is 0 Å². The number of rotatable bonds is 3. The summed E-state index contributed by atoms with van der Waals surface area (Å²) in [5.74, 6) is 1.33. The lowest BCUT2D eigenvalue weighted by Gasteiger charge is -2.21. The zero-order chi connectivity index (χ0) is 13.2. The highest BCUT2D eigenvalue weighted by Gasteiger charge is 2.33. The van der Waals surface area contributed by atoms with Crippen molar-refractivity contribution in [2.75, 3.05) is 6.54 Å². The van der Waals surface area contributed by atoms with E-state index in [1.807, 2.05) is 28.7 Å². The standard InChI is InChI=1S/C13H15N3O2S/c1-2-11-14-12(15-18-11)10-4-3-6-16(10)13(17)9-5-7-19-8-9/h5,7-8,10H,2-4,6H2,1H3/t10-/m0/s1. The van der Waals surface area contributed by atoms with E-state index >= 15 is 0 Å². The SMILES string of the molecule is CCc1nc([C@@H]2CCCN2C(=O)c2ccsc2)no1. The molecular formula is C13H15N3O2S. The number of hydrogen-bond donors (Lipinski definition) is 0. The van der Waals surface area contributed by atoms with E-state index in [0.29, 0.717) is 11.7 Å². The first-order valence-electron chi connectivity index (χ1n) is 6.45. The Bertz CT molecular complexity index is 564. The molecule has 0 N–H and O–H groups in total. The molecule has 3 rings (SSSR count). The second kappa shape index (κ2) is 5.13. The number of carbonyl (C=O) groups excluding carboxylic acids is 1. The van der Waals surface area contributed by atoms with Gasteiger partial charge < -0.3 is 9.42 Å². The van der Waals surface area contributed by atoms with Crippen molar-refractivity contribution >= 4 is 17.2 Å². The molecule has 0 spiro atoms. The Morgan fingerprint density at radius 1 is 1.63 bits per heavy atom. The van der Waals surface area contributed by atoms with Crippen LogP contribution in [-0.4, -0.2) is 27.5 Å². The first-order valence-corrected chi connectivity index (χ1v) is 7.39. The zero-order valence-corrected chi connectivity index (χ0v) is 11.5. The maximum Gasteiger partial charge on any atom is 0.255 e. The van der Waals surface area contributed by atoms with Gasteiger partial charge in [0.2, 0.25) is 5.89 Å². The highest BCUT2D eigenvalue weighted by molar-refractivity contribution is 7.08. The number of amides is 1. The molecular weight excluding hydrogens is 262 g/mol. The van der Waals surface area contributed by atoms with Gasteiger partial charge in [-0.05, 0) is 24.3 Å². The van der Waals surface area contributed by atoms with Gasteiger partial charge in [-0.2, -0.15) is 16.3 Å². The highest BCUT2D eigenvalue weighted by Crippen LogP contribution is 2.31. The predicted octanol–water partition coefficient (Wildman–Crippen LogP) is 2.67. The van der Waals surface area contributed by atoms with Crippen LogP contribution in [0.15, 0.2) is 21.3 Å². The van der Waals surface area contributed by atoms with Crippen molar-refractivity contribution in [1.29, 1.82) is 0 Å². The minimum atomic E-state index is -0.0450. The second-order valence-electron chi connectivity index (χ2n) is 4.57. The Balaban J connectivity index is 1.83. The van der Waals surface area contributed by atoms with E-state index in [-0.39, 0.29) is 11.9 Å². The third kappa shape index (κ3) is 2.28. The van der Waals surface area contributed by atoms with E-state index in [1.165, 1.54) is 11.3 Å². The summed E-state index contributed by atoms with van der Waals surface area (Å²) in [5.41, 5.74) is 0.746. The lowest BCUT2D eigenvalue weighted by atomic mass is 10.2. The largest absolute Gasteiger partial charge is 0.339 e. The maximum atomic E-state index is 12.4. The number of carbonyl (C=O) groups is 1. The summed E-state index contributed by atoms with van der Waals surface area (Å²) in [6.07, 6.45) is 2.60. The molecule has 0 bridgehead atoms. The van der Waals surface area contributed by atoms with E-state index < -0.39 is 0 Å². The van der Waals surface area contributed by atoms with E-state index in [1.54, 1.807) is 0 Å². The van der Waals surface area contributed by atoms with Crippen LogP contribution in [0.1, 0.15) is 47.9 Å². The quantitative estimate of drug-likeness (QED) is 0.865. The van der Waals surface area contributed by atoms with Crippen LogP contribution in [0.2, 0.25) is 0 Å². The average Bonchev–Trinajstić information content (AvgIpc) is 3.16. The first-order chi connectivity index (χ1) is 9.29. The Labute approximate surface area is 115 Å². The number of aromatic nitrogens is 2. The fourth-order valence-corrected chi connectivity index (χ4v) is 3.01. The van der Waals surface area contributed by atoms with Crippen LogP contribution in [0.3, 0.4) is 0 Å². The molecule has 1 amide bonds. The van der Waals surface area contributed by atoms with Crippen LogP contribution in [0.25, 0.3) is 0 Å². The summed E-state index contributed by atoms with van der Waals surface area (Å²) in [6.45, 7) is 2.73. The van der Waals surface area contributed by atoms with Gasteiger partial charge in [0.15, 0.2) is 5.82 Å². The summed E-state index contributed by atoms with van der Waals surface area (Å²) in [5, 5.41) is 7.80. The fourth-order valence-electron chi connectivity index (χ4n) is 2.38. The molecule has 0 aliphatic carbocycles. The highest BCUT2D eigenvalue weighted by atomic mass is 32.1. The van der Waals surface area contributed by atoms with Crippen molar-refractivity contribution in [3.8, 4) is 0 Å². The van der Waals surface area contributed by atoms with Crippen LogP contribution in [0.5, 0.6) is 0 Å². The van der Waals surface area contributed by atoms with Crippen LogP contribution in [0, 0.1) is 0 Å². The topological polar surface area (TPSA) is 59.2 Å². The number of nitrogens with zero attached hydrogens (tertiary/aromatic N) is 3. The molecule has 0 aromatic carbocycles. The van der Waals surface area contributed by atoms with Gasteiger partial charge in [0, 0.05) is 18.3 Å². The van der Waals surface area contributed by atoms with Crippen molar-refractivity contribution in [3.05, 3.63) is 34.1 Å². The molecule has 3 heterocycles. The molecule has 19 heavy (non-hydrogen) atoms. The van der Waals surface area contributed by atoms with Gasteiger partial charge in [0.1, 0.15) is 0 Å². The summed E-state index contributed by atoms with van der Waals surface area (Å²) in [4.78, 5) is 18.6. The van der Waals surface area contributed by atoms with Gasteiger partial charge in [-0.15, -0.1) is 0 Å². The van der Waals surface area contributed by atoms with Crippen LogP contribution >= 0.6 is 11.3 Å². The fraction of sp³-hybridized carbons (Fsp3) is 0.462. The third-order valence-corrected chi connectivity index (χ3v) is 4.05. The molecule has 6 heteroatoms. The predicted molar refractivity (Wildman–Crippen MR) is 71.0 cm³/mol. The number of aryl methyl sites for hydroxylation is 1. The molecule has 1 aliphatic heterocycles. The molecule has 1 fully saturated rings. The molecule has 100 valence electrons. The average molecular weight is 277 g/mol. The summed E-state index contributed by atoms with van der Waals surface area (Å²) in [7, 11) is 0.